The van der Waals surface area contributed by atoms with Crippen molar-refractivity contribution in [3.63, 3.8) is 0 Å². The van der Waals surface area contributed by atoms with Gasteiger partial charge in [-0.15, -0.1) is 0 Å². The number of aromatic nitrogens is 2. The maximum absolute atomic E-state index is 9.16. The second-order valence-electron chi connectivity index (χ2n) is 2.52. The van der Waals surface area contributed by atoms with Gasteiger partial charge in [0.25, 0.3) is 0 Å². The predicted molar refractivity (Wildman–Crippen MR) is 46.9 cm³/mol. The van der Waals surface area contributed by atoms with Crippen molar-refractivity contribution in [3.05, 3.63) is 42.9 Å². The number of nitrogens with zero attached hydrogens (tertiary/aromatic N) is 2. The Kier molecular flexibility index (Phi) is 1.37. The average molecular weight is 160 g/mol. The summed E-state index contributed by atoms with van der Waals surface area (Å²) >= 11 is 0. The van der Waals surface area contributed by atoms with Gasteiger partial charge in [-0.3, -0.25) is 4.40 Å². The Morgan fingerprint density at radius 3 is 3.08 bits per heavy atom. The van der Waals surface area contributed by atoms with E-state index in [4.69, 9.17) is 5.11 Å². The lowest BCUT2D eigenvalue weighted by Gasteiger charge is -1.96. The SMILES string of the molecule is C=C(O)c1cnc2ccccn12. The Morgan fingerprint density at radius 2 is 2.33 bits per heavy atom. The fourth-order valence-corrected chi connectivity index (χ4v) is 1.15. The zero-order valence-corrected chi connectivity index (χ0v) is 6.44. The molecule has 0 aromatic carbocycles. The number of fused-ring (bicyclic) bond motifs is 1. The van der Waals surface area contributed by atoms with Crippen molar-refractivity contribution in [2.45, 2.75) is 0 Å². The molecule has 0 amide bonds. The van der Waals surface area contributed by atoms with Gasteiger partial charge in [-0.2, -0.15) is 0 Å². The van der Waals surface area contributed by atoms with Crippen LogP contribution in [0.15, 0.2) is 37.2 Å². The van der Waals surface area contributed by atoms with E-state index < -0.39 is 0 Å². The van der Waals surface area contributed by atoms with E-state index in [1.165, 1.54) is 0 Å². The normalized spacial score (nSPS) is 10.3. The molecule has 0 aliphatic rings. The molecular formula is C9H8N2O. The first-order chi connectivity index (χ1) is 5.79. The van der Waals surface area contributed by atoms with Gasteiger partial charge in [0.15, 0.2) is 0 Å². The molecule has 3 nitrogen and oxygen atoms in total. The van der Waals surface area contributed by atoms with E-state index >= 15 is 0 Å². The van der Waals surface area contributed by atoms with Crippen molar-refractivity contribution in [1.29, 1.82) is 0 Å². The summed E-state index contributed by atoms with van der Waals surface area (Å²) in [6, 6.07) is 5.64. The summed E-state index contributed by atoms with van der Waals surface area (Å²) in [5.41, 5.74) is 1.44. The highest BCUT2D eigenvalue weighted by Crippen LogP contribution is 2.11. The van der Waals surface area contributed by atoms with Crippen molar-refractivity contribution in [3.8, 4) is 0 Å². The van der Waals surface area contributed by atoms with Gasteiger partial charge in [0.1, 0.15) is 17.1 Å². The van der Waals surface area contributed by atoms with E-state index in [1.54, 1.807) is 10.6 Å². The van der Waals surface area contributed by atoms with E-state index in [2.05, 4.69) is 11.6 Å². The number of pyridine rings is 1. The van der Waals surface area contributed by atoms with Crippen LogP contribution in [0.4, 0.5) is 0 Å². The Labute approximate surface area is 69.6 Å². The summed E-state index contributed by atoms with van der Waals surface area (Å²) in [6.45, 7) is 3.44. The maximum atomic E-state index is 9.16. The number of imidazole rings is 1. The highest BCUT2D eigenvalue weighted by molar-refractivity contribution is 5.56. The fourth-order valence-electron chi connectivity index (χ4n) is 1.15. The van der Waals surface area contributed by atoms with E-state index in [1.807, 2.05) is 24.4 Å². The second kappa shape index (κ2) is 2.37. The molecule has 60 valence electrons. The second-order valence-corrected chi connectivity index (χ2v) is 2.52. The van der Waals surface area contributed by atoms with Gasteiger partial charge in [-0.25, -0.2) is 4.98 Å². The van der Waals surface area contributed by atoms with Crippen LogP contribution in [-0.2, 0) is 0 Å². The van der Waals surface area contributed by atoms with Gasteiger partial charge in [0.2, 0.25) is 0 Å². The summed E-state index contributed by atoms with van der Waals surface area (Å²) in [5.74, 6) is 0.0358. The summed E-state index contributed by atoms with van der Waals surface area (Å²) in [6.07, 6.45) is 3.43. The van der Waals surface area contributed by atoms with Crippen LogP contribution < -0.4 is 0 Å². The van der Waals surface area contributed by atoms with E-state index in [0.29, 0.717) is 5.69 Å². The topological polar surface area (TPSA) is 37.5 Å². The number of aliphatic hydroxyl groups excluding tert-OH is 1. The molecule has 0 fully saturated rings. The molecule has 2 aromatic rings. The summed E-state index contributed by atoms with van der Waals surface area (Å²) in [4.78, 5) is 4.08. The monoisotopic (exact) mass is 160 g/mol. The molecule has 0 aliphatic heterocycles. The quantitative estimate of drug-likeness (QED) is 0.646. The van der Waals surface area contributed by atoms with Crippen molar-refractivity contribution >= 4 is 11.4 Å². The van der Waals surface area contributed by atoms with Crippen LogP contribution in [0, 0.1) is 0 Å². The summed E-state index contributed by atoms with van der Waals surface area (Å²) < 4.78 is 1.78. The average Bonchev–Trinajstić information content (AvgIpc) is 2.47. The molecule has 0 saturated heterocycles. The van der Waals surface area contributed by atoms with E-state index in [9.17, 15) is 0 Å². The molecule has 2 rings (SSSR count). The van der Waals surface area contributed by atoms with Crippen LogP contribution in [0.2, 0.25) is 0 Å². The molecule has 0 unspecified atom stereocenters. The Balaban J connectivity index is 2.79. The molecule has 0 saturated carbocycles. The highest BCUT2D eigenvalue weighted by Gasteiger charge is 2.02. The van der Waals surface area contributed by atoms with Crippen molar-refractivity contribution in [2.75, 3.05) is 0 Å². The molecule has 0 bridgehead atoms. The lowest BCUT2D eigenvalue weighted by Crippen LogP contribution is -1.88. The van der Waals surface area contributed by atoms with Crippen LogP contribution in [0.3, 0.4) is 0 Å². The van der Waals surface area contributed by atoms with E-state index in [-0.39, 0.29) is 5.76 Å². The molecule has 2 heterocycles. The molecule has 0 aliphatic carbocycles. The third-order valence-electron chi connectivity index (χ3n) is 1.71. The van der Waals surface area contributed by atoms with Gasteiger partial charge < -0.3 is 5.11 Å². The molecule has 12 heavy (non-hydrogen) atoms. The van der Waals surface area contributed by atoms with Crippen LogP contribution in [0.5, 0.6) is 0 Å². The lowest BCUT2D eigenvalue weighted by molar-refractivity contribution is 0.510. The summed E-state index contributed by atoms with van der Waals surface area (Å²) in [7, 11) is 0. The molecule has 1 N–H and O–H groups in total. The Hall–Kier alpha value is -1.77. The number of hydrogen-bond donors (Lipinski definition) is 1. The third-order valence-corrected chi connectivity index (χ3v) is 1.71. The largest absolute Gasteiger partial charge is 0.506 e. The van der Waals surface area contributed by atoms with Crippen LogP contribution in [0.25, 0.3) is 11.4 Å². The Morgan fingerprint density at radius 1 is 1.50 bits per heavy atom. The van der Waals surface area contributed by atoms with Crippen LogP contribution in [-0.4, -0.2) is 14.5 Å². The van der Waals surface area contributed by atoms with Gasteiger partial charge >= 0.3 is 0 Å². The number of hydrogen-bond acceptors (Lipinski definition) is 2. The molecule has 2 aromatic heterocycles. The van der Waals surface area contributed by atoms with Crippen molar-refractivity contribution < 1.29 is 5.11 Å². The minimum Gasteiger partial charge on any atom is -0.506 e. The first-order valence-electron chi connectivity index (χ1n) is 3.59. The van der Waals surface area contributed by atoms with Gasteiger partial charge in [-0.05, 0) is 12.1 Å². The van der Waals surface area contributed by atoms with Crippen molar-refractivity contribution in [2.24, 2.45) is 0 Å². The maximum Gasteiger partial charge on any atom is 0.137 e. The Bertz CT molecular complexity index is 431. The number of rotatable bonds is 1. The smallest absolute Gasteiger partial charge is 0.137 e. The molecule has 0 spiro atoms. The first-order valence-corrected chi connectivity index (χ1v) is 3.59. The third kappa shape index (κ3) is 0.871. The number of aliphatic hydroxyl groups is 1. The van der Waals surface area contributed by atoms with E-state index in [0.717, 1.165) is 5.65 Å². The fraction of sp³-hybridized carbons (Fsp3) is 0. The lowest BCUT2D eigenvalue weighted by atomic mass is 10.4. The molecule has 0 radical (unpaired) electrons. The van der Waals surface area contributed by atoms with Gasteiger partial charge in [0.05, 0.1) is 6.20 Å². The molecule has 0 atom stereocenters. The zero-order valence-electron chi connectivity index (χ0n) is 6.44. The first kappa shape index (κ1) is 6.91. The van der Waals surface area contributed by atoms with Crippen molar-refractivity contribution in [1.82, 2.24) is 9.38 Å². The zero-order chi connectivity index (χ0) is 8.55. The van der Waals surface area contributed by atoms with Crippen LogP contribution >= 0.6 is 0 Å². The predicted octanol–water partition coefficient (Wildman–Crippen LogP) is 1.86. The standard InChI is InChI=1S/C9H8N2O/c1-7(12)8-6-10-9-4-2-3-5-11(8)9/h2-6,12H,1H2. The molecule has 3 heteroatoms. The minimum atomic E-state index is 0.0358. The molecular weight excluding hydrogens is 152 g/mol. The van der Waals surface area contributed by atoms with Gasteiger partial charge in [0, 0.05) is 6.20 Å². The minimum absolute atomic E-state index is 0.0358. The van der Waals surface area contributed by atoms with Gasteiger partial charge in [-0.1, -0.05) is 12.6 Å². The highest BCUT2D eigenvalue weighted by atomic mass is 16.3. The van der Waals surface area contributed by atoms with Crippen LogP contribution in [0.1, 0.15) is 5.69 Å². The summed E-state index contributed by atoms with van der Waals surface area (Å²) in [5, 5.41) is 9.16.